The van der Waals surface area contributed by atoms with Crippen molar-refractivity contribution in [3.05, 3.63) is 35.9 Å². The Balaban J connectivity index is 1.93. The molecule has 1 aromatic rings. The Kier molecular flexibility index (Phi) is 14.6. The Bertz CT molecular complexity index is 513. The highest BCUT2D eigenvalue weighted by Gasteiger charge is 2.16. The van der Waals surface area contributed by atoms with Crippen molar-refractivity contribution in [2.75, 3.05) is 33.8 Å². The number of ether oxygens (including phenoxy) is 1. The van der Waals surface area contributed by atoms with Gasteiger partial charge in [0.05, 0.1) is 26.2 Å². The fraction of sp³-hybridized carbons (Fsp3) is 0.731. The van der Waals surface area contributed by atoms with Crippen LogP contribution in [0.2, 0.25) is 0 Å². The molecule has 3 heteroatoms. The van der Waals surface area contributed by atoms with Crippen molar-refractivity contribution in [3.8, 4) is 0 Å². The van der Waals surface area contributed by atoms with Gasteiger partial charge in [-0.25, -0.2) is 4.79 Å². The Hall–Kier alpha value is -1.35. The first kappa shape index (κ1) is 25.7. The summed E-state index contributed by atoms with van der Waals surface area (Å²) in [6.07, 6.45) is 18.1. The van der Waals surface area contributed by atoms with Gasteiger partial charge in [0.1, 0.15) is 13.2 Å². The number of esters is 1. The van der Waals surface area contributed by atoms with Crippen molar-refractivity contribution in [1.29, 1.82) is 0 Å². The van der Waals surface area contributed by atoms with Crippen LogP contribution in [0, 0.1) is 0 Å². The highest BCUT2D eigenvalue weighted by atomic mass is 16.5. The molecule has 0 fully saturated rings. The minimum absolute atomic E-state index is 0.216. The molecule has 0 aliphatic carbocycles. The molecule has 0 aliphatic rings. The molecule has 0 aliphatic heterocycles. The molecule has 0 N–H and O–H groups in total. The molecular weight excluding hydrogens is 358 g/mol. The molecule has 3 nitrogen and oxygen atoms in total. The number of nitrogens with zero attached hydrogens (tertiary/aromatic N) is 1. The van der Waals surface area contributed by atoms with Gasteiger partial charge in [-0.3, -0.25) is 0 Å². The quantitative estimate of drug-likeness (QED) is 0.149. The Morgan fingerprint density at radius 1 is 0.724 bits per heavy atom. The van der Waals surface area contributed by atoms with E-state index in [1.807, 2.05) is 18.2 Å². The molecule has 0 heterocycles. The maximum absolute atomic E-state index is 12.0. The van der Waals surface area contributed by atoms with E-state index in [1.165, 1.54) is 83.5 Å². The second-order valence-corrected chi connectivity index (χ2v) is 9.13. The Morgan fingerprint density at radius 2 is 1.21 bits per heavy atom. The van der Waals surface area contributed by atoms with Gasteiger partial charge in [0, 0.05) is 0 Å². The van der Waals surface area contributed by atoms with Gasteiger partial charge in [-0.05, 0) is 25.0 Å². The van der Waals surface area contributed by atoms with Gasteiger partial charge in [0.15, 0.2) is 0 Å². The molecule has 0 amide bonds. The molecule has 0 aromatic heterocycles. The summed E-state index contributed by atoms with van der Waals surface area (Å²) < 4.78 is 6.35. The average Bonchev–Trinajstić information content (AvgIpc) is 2.72. The summed E-state index contributed by atoms with van der Waals surface area (Å²) in [5.41, 5.74) is 0.634. The van der Waals surface area contributed by atoms with Gasteiger partial charge in [-0.2, -0.15) is 0 Å². The van der Waals surface area contributed by atoms with Crippen LogP contribution in [0.3, 0.4) is 0 Å². The van der Waals surface area contributed by atoms with Crippen LogP contribution in [-0.4, -0.2) is 44.2 Å². The lowest BCUT2D eigenvalue weighted by Gasteiger charge is -2.29. The summed E-state index contributed by atoms with van der Waals surface area (Å²) in [5, 5.41) is 0. The largest absolute Gasteiger partial charge is 0.456 e. The van der Waals surface area contributed by atoms with Crippen LogP contribution in [-0.2, 0) is 4.74 Å². The highest BCUT2D eigenvalue weighted by molar-refractivity contribution is 5.89. The summed E-state index contributed by atoms with van der Waals surface area (Å²) in [5.74, 6) is -0.216. The van der Waals surface area contributed by atoms with Gasteiger partial charge in [0.2, 0.25) is 0 Å². The van der Waals surface area contributed by atoms with E-state index in [4.69, 9.17) is 4.74 Å². The van der Waals surface area contributed by atoms with E-state index in [0.29, 0.717) is 12.2 Å². The minimum Gasteiger partial charge on any atom is -0.456 e. The van der Waals surface area contributed by atoms with E-state index in [-0.39, 0.29) is 5.97 Å². The number of hydrogen-bond donors (Lipinski definition) is 0. The second-order valence-electron chi connectivity index (χ2n) is 9.13. The third kappa shape index (κ3) is 14.3. The first-order valence-corrected chi connectivity index (χ1v) is 12.1. The van der Waals surface area contributed by atoms with Gasteiger partial charge < -0.3 is 9.22 Å². The first-order valence-electron chi connectivity index (χ1n) is 12.1. The maximum atomic E-state index is 12.0. The zero-order chi connectivity index (χ0) is 21.2. The topological polar surface area (TPSA) is 26.3 Å². The zero-order valence-electron chi connectivity index (χ0n) is 19.5. The molecule has 0 radical (unpaired) electrons. The fourth-order valence-corrected chi connectivity index (χ4v) is 3.71. The number of rotatable bonds is 18. The highest BCUT2D eigenvalue weighted by Crippen LogP contribution is 2.13. The van der Waals surface area contributed by atoms with Crippen LogP contribution in [0.15, 0.2) is 30.3 Å². The van der Waals surface area contributed by atoms with Crippen LogP contribution in [0.25, 0.3) is 0 Å². The van der Waals surface area contributed by atoms with E-state index >= 15 is 0 Å². The molecule has 0 atom stereocenters. The van der Waals surface area contributed by atoms with Crippen LogP contribution in [0.5, 0.6) is 0 Å². The van der Waals surface area contributed by atoms with Gasteiger partial charge in [-0.1, -0.05) is 95.8 Å². The number of benzene rings is 1. The molecule has 1 rings (SSSR count). The van der Waals surface area contributed by atoms with Crippen molar-refractivity contribution in [1.82, 2.24) is 0 Å². The molecule has 0 saturated carbocycles. The summed E-state index contributed by atoms with van der Waals surface area (Å²) in [6, 6.07) is 9.24. The van der Waals surface area contributed by atoms with Crippen molar-refractivity contribution in [3.63, 3.8) is 0 Å². The summed E-state index contributed by atoms with van der Waals surface area (Å²) >= 11 is 0. The molecular formula is C26H46NO2+. The van der Waals surface area contributed by atoms with Crippen LogP contribution < -0.4 is 0 Å². The van der Waals surface area contributed by atoms with Crippen molar-refractivity contribution in [2.45, 2.75) is 90.4 Å². The zero-order valence-corrected chi connectivity index (χ0v) is 19.5. The standard InChI is InChI=1S/C26H46NO2/c1-4-5-6-7-8-9-10-11-12-13-14-15-19-22-27(2,3)23-24-29-26(28)25-20-17-16-18-21-25/h16-18,20-21H,4-15,19,22-24H2,1-3H3/q+1. The van der Waals surface area contributed by atoms with E-state index in [1.54, 1.807) is 12.1 Å². The molecule has 1 aromatic carbocycles. The van der Waals surface area contributed by atoms with Gasteiger partial charge >= 0.3 is 5.97 Å². The Labute approximate surface area is 180 Å². The summed E-state index contributed by atoms with van der Waals surface area (Å²) in [4.78, 5) is 12.0. The first-order chi connectivity index (χ1) is 14.0. The predicted octanol–water partition coefficient (Wildman–Crippen LogP) is 7.01. The summed E-state index contributed by atoms with van der Waals surface area (Å²) in [7, 11) is 4.47. The van der Waals surface area contributed by atoms with Gasteiger partial charge in [0.25, 0.3) is 0 Å². The maximum Gasteiger partial charge on any atom is 0.338 e. The van der Waals surface area contributed by atoms with Crippen molar-refractivity contribution < 1.29 is 14.0 Å². The van der Waals surface area contributed by atoms with Gasteiger partial charge in [-0.15, -0.1) is 0 Å². The van der Waals surface area contributed by atoms with E-state index < -0.39 is 0 Å². The third-order valence-electron chi connectivity index (χ3n) is 5.81. The molecule has 0 bridgehead atoms. The van der Waals surface area contributed by atoms with Crippen LogP contribution in [0.4, 0.5) is 0 Å². The normalized spacial score (nSPS) is 11.6. The molecule has 166 valence electrons. The predicted molar refractivity (Wildman–Crippen MR) is 124 cm³/mol. The lowest BCUT2D eigenvalue weighted by molar-refractivity contribution is -0.890. The molecule has 0 saturated heterocycles. The molecule has 29 heavy (non-hydrogen) atoms. The molecule has 0 unspecified atom stereocenters. The Morgan fingerprint density at radius 3 is 1.72 bits per heavy atom. The van der Waals surface area contributed by atoms with Crippen molar-refractivity contribution >= 4 is 5.97 Å². The SMILES string of the molecule is CCCCCCCCCCCCCCC[N+](C)(C)CCOC(=O)c1ccccc1. The monoisotopic (exact) mass is 404 g/mol. The van der Waals surface area contributed by atoms with Crippen LogP contribution >= 0.6 is 0 Å². The smallest absolute Gasteiger partial charge is 0.338 e. The number of hydrogen-bond acceptors (Lipinski definition) is 2. The third-order valence-corrected chi connectivity index (χ3v) is 5.81. The van der Waals surface area contributed by atoms with Crippen LogP contribution in [0.1, 0.15) is 101 Å². The number of likely N-dealkylation sites (N-methyl/N-ethyl adjacent to an activating group) is 1. The van der Waals surface area contributed by atoms with E-state index in [9.17, 15) is 4.79 Å². The lowest BCUT2D eigenvalue weighted by Crippen LogP contribution is -2.43. The number of unbranched alkanes of at least 4 members (excludes halogenated alkanes) is 12. The lowest BCUT2D eigenvalue weighted by atomic mass is 10.0. The summed E-state index contributed by atoms with van der Waals surface area (Å²) in [6.45, 7) is 4.79. The average molecular weight is 405 g/mol. The second kappa shape index (κ2) is 16.4. The number of quaternary nitrogens is 1. The van der Waals surface area contributed by atoms with Crippen molar-refractivity contribution in [2.24, 2.45) is 0 Å². The van der Waals surface area contributed by atoms with E-state index in [2.05, 4.69) is 21.0 Å². The minimum atomic E-state index is -0.216. The van der Waals surface area contributed by atoms with E-state index in [0.717, 1.165) is 17.6 Å². The fourth-order valence-electron chi connectivity index (χ4n) is 3.71. The number of carbonyl (C=O) groups is 1. The molecule has 0 spiro atoms. The number of carbonyl (C=O) groups excluding carboxylic acids is 1.